The molecule has 3 heteroatoms. The van der Waals surface area contributed by atoms with Gasteiger partial charge in [-0.3, -0.25) is 0 Å². The van der Waals surface area contributed by atoms with Crippen molar-refractivity contribution in [1.82, 2.24) is 0 Å². The van der Waals surface area contributed by atoms with E-state index < -0.39 is 0 Å². The first-order chi connectivity index (χ1) is 1.41. The first-order valence-corrected chi connectivity index (χ1v) is 1.12. The maximum atomic E-state index is 4.85. The van der Waals surface area contributed by atoms with Crippen molar-refractivity contribution in [3.05, 3.63) is 0 Å². The van der Waals surface area contributed by atoms with Crippen LogP contribution in [-0.4, -0.2) is 6.54 Å². The maximum Gasteiger partial charge on any atom is 1.00 e. The van der Waals surface area contributed by atoms with Crippen LogP contribution in [0.4, 0.5) is 0 Å². The Bertz CT molecular complexity index is 7.61. The normalized spacial score (nSPS) is 3.60. The minimum absolute atomic E-state index is 0. The molecule has 0 aromatic carbocycles. The molecule has 0 bridgehead atoms. The smallest absolute Gasteiger partial charge is 0.331 e. The second-order valence-electron chi connectivity index (χ2n) is 0.408. The molecule has 0 radical (unpaired) electrons. The van der Waals surface area contributed by atoms with Gasteiger partial charge >= 0.3 is 59.1 Å². The van der Waals surface area contributed by atoms with Crippen molar-refractivity contribution in [2.45, 2.75) is 6.92 Å². The molecular weight excluding hydrogens is 84.0 g/mol. The summed E-state index contributed by atoms with van der Waals surface area (Å²) in [6.45, 7) is 2.65. The maximum absolute atomic E-state index is 4.85. The third kappa shape index (κ3) is 24.3. The van der Waals surface area contributed by atoms with Crippen LogP contribution < -0.4 is 64.8 Å². The third-order valence-corrected chi connectivity index (χ3v) is 0. The van der Waals surface area contributed by atoms with Crippen LogP contribution >= 0.6 is 0 Å². The summed E-state index contributed by atoms with van der Waals surface area (Å²) in [5.74, 6) is 0. The minimum Gasteiger partial charge on any atom is -0.331 e. The zero-order valence-corrected chi connectivity index (χ0v) is 8.28. The Morgan fingerprint density at radius 1 is 1.40 bits per heavy atom. The van der Waals surface area contributed by atoms with Gasteiger partial charge in [-0.15, -0.1) is 0 Å². The van der Waals surface area contributed by atoms with E-state index in [9.17, 15) is 0 Å². The number of rotatable bonds is 0. The van der Waals surface area contributed by atoms with Crippen LogP contribution in [0.25, 0.3) is 0 Å². The average Bonchev–Trinajstić information content (AvgIpc) is 0.918. The Morgan fingerprint density at radius 3 is 1.40 bits per heavy atom. The molecule has 20 valence electrons. The molecule has 5 heavy (non-hydrogen) atoms. The molecule has 0 heterocycles. The van der Waals surface area contributed by atoms with E-state index in [1.807, 2.05) is 6.92 Å². The Balaban J connectivity index is -0.0000000200. The Labute approximate surface area is 77.3 Å². The fourth-order valence-electron chi connectivity index (χ4n) is 0. The molecule has 0 saturated heterocycles. The Morgan fingerprint density at radius 2 is 1.40 bits per heavy atom. The van der Waals surface area contributed by atoms with Crippen molar-refractivity contribution >= 4 is 0 Å². The summed E-state index contributed by atoms with van der Waals surface area (Å²) in [4.78, 5) is 0. The molecule has 1 nitrogen and oxygen atoms in total. The first kappa shape index (κ1) is 15.8. The summed E-state index contributed by atoms with van der Waals surface area (Å²) in [5.41, 5.74) is 4.85. The molecule has 0 atom stereocenters. The van der Waals surface area contributed by atoms with Gasteiger partial charge in [0.15, 0.2) is 0 Å². The fraction of sp³-hybridized carbons (Fsp3) is 1.00. The van der Waals surface area contributed by atoms with Crippen LogP contribution in [0, 0.1) is 0 Å². The van der Waals surface area contributed by atoms with Crippen molar-refractivity contribution in [2.75, 3.05) is 6.54 Å². The van der Waals surface area contributed by atoms with E-state index in [1.165, 1.54) is 0 Å². The SMILES string of the molecule is CCN.[Na+].[Na+]. The molecule has 0 unspecified atom stereocenters. The zero-order chi connectivity index (χ0) is 2.71. The molecule has 0 rings (SSSR count). The first-order valence-electron chi connectivity index (χ1n) is 1.12. The second-order valence-corrected chi connectivity index (χ2v) is 0.408. The molecule has 0 aromatic heterocycles. The van der Waals surface area contributed by atoms with E-state index in [4.69, 9.17) is 5.73 Å². The summed E-state index contributed by atoms with van der Waals surface area (Å²) < 4.78 is 0. The van der Waals surface area contributed by atoms with Gasteiger partial charge in [-0.05, 0) is 6.54 Å². The van der Waals surface area contributed by atoms with E-state index >= 15 is 0 Å². The number of hydrogen-bond acceptors (Lipinski definition) is 1. The Kier molecular flexibility index (Phi) is 52.8. The predicted octanol–water partition coefficient (Wildman–Crippen LogP) is -6.03. The molecule has 0 fully saturated rings. The van der Waals surface area contributed by atoms with Crippen LogP contribution in [-0.2, 0) is 0 Å². The molecule has 2 N–H and O–H groups in total. The topological polar surface area (TPSA) is 26.0 Å². The fourth-order valence-corrected chi connectivity index (χ4v) is 0. The molecule has 0 aliphatic carbocycles. The van der Waals surface area contributed by atoms with Gasteiger partial charge in [-0.2, -0.15) is 0 Å². The van der Waals surface area contributed by atoms with Crippen molar-refractivity contribution in [1.29, 1.82) is 0 Å². The molecule has 0 spiro atoms. The van der Waals surface area contributed by atoms with Crippen LogP contribution in [0.2, 0.25) is 0 Å². The van der Waals surface area contributed by atoms with E-state index in [0.29, 0.717) is 0 Å². The molecule has 0 amide bonds. The van der Waals surface area contributed by atoms with Gasteiger partial charge in [0.25, 0.3) is 0 Å². The summed E-state index contributed by atoms with van der Waals surface area (Å²) in [6, 6.07) is 0. The zero-order valence-electron chi connectivity index (χ0n) is 4.28. The van der Waals surface area contributed by atoms with Gasteiger partial charge in [0.1, 0.15) is 0 Å². The van der Waals surface area contributed by atoms with E-state index in [0.717, 1.165) is 6.54 Å². The van der Waals surface area contributed by atoms with Crippen LogP contribution in [0.5, 0.6) is 0 Å². The Hall–Kier alpha value is 1.96. The number of hydrogen-bond donors (Lipinski definition) is 1. The summed E-state index contributed by atoms with van der Waals surface area (Å²) in [6.07, 6.45) is 0. The van der Waals surface area contributed by atoms with Crippen molar-refractivity contribution < 1.29 is 59.1 Å². The van der Waals surface area contributed by atoms with E-state index in [1.54, 1.807) is 0 Å². The second kappa shape index (κ2) is 16.7. The van der Waals surface area contributed by atoms with Gasteiger partial charge in [0.2, 0.25) is 0 Å². The minimum atomic E-state index is 0. The van der Waals surface area contributed by atoms with Gasteiger partial charge in [-0.25, -0.2) is 0 Å². The average molecular weight is 91.1 g/mol. The largest absolute Gasteiger partial charge is 1.00 e. The van der Waals surface area contributed by atoms with E-state index in [-0.39, 0.29) is 59.1 Å². The van der Waals surface area contributed by atoms with E-state index in [2.05, 4.69) is 0 Å². The van der Waals surface area contributed by atoms with Gasteiger partial charge in [0.05, 0.1) is 0 Å². The quantitative estimate of drug-likeness (QED) is 0.295. The molecule has 0 saturated carbocycles. The monoisotopic (exact) mass is 91.0 g/mol. The van der Waals surface area contributed by atoms with Crippen molar-refractivity contribution in [2.24, 2.45) is 5.73 Å². The van der Waals surface area contributed by atoms with Gasteiger partial charge in [0, 0.05) is 0 Å². The predicted molar refractivity (Wildman–Crippen MR) is 14.7 cm³/mol. The number of nitrogens with two attached hydrogens (primary N) is 1. The molecular formula is C2H7NNa2+2. The molecule has 0 aromatic rings. The summed E-state index contributed by atoms with van der Waals surface area (Å²) in [7, 11) is 0. The van der Waals surface area contributed by atoms with Crippen LogP contribution in [0.3, 0.4) is 0 Å². The van der Waals surface area contributed by atoms with Gasteiger partial charge < -0.3 is 5.73 Å². The summed E-state index contributed by atoms with van der Waals surface area (Å²) >= 11 is 0. The third-order valence-electron chi connectivity index (χ3n) is 0. The van der Waals surface area contributed by atoms with Crippen LogP contribution in [0.15, 0.2) is 0 Å². The van der Waals surface area contributed by atoms with Gasteiger partial charge in [-0.1, -0.05) is 6.92 Å². The van der Waals surface area contributed by atoms with Crippen molar-refractivity contribution in [3.8, 4) is 0 Å². The summed E-state index contributed by atoms with van der Waals surface area (Å²) in [5, 5.41) is 0. The standard InChI is InChI=1S/C2H7N.2Na/c1-2-3;;/h2-3H2,1H3;;/q;2*+1. The van der Waals surface area contributed by atoms with Crippen LogP contribution in [0.1, 0.15) is 6.92 Å². The molecule has 0 aliphatic heterocycles. The van der Waals surface area contributed by atoms with Crippen molar-refractivity contribution in [3.63, 3.8) is 0 Å². The molecule has 0 aliphatic rings.